The van der Waals surface area contributed by atoms with Gasteiger partial charge in [0.15, 0.2) is 0 Å². The summed E-state index contributed by atoms with van der Waals surface area (Å²) < 4.78 is 0. The molecule has 0 fully saturated rings. The Morgan fingerprint density at radius 3 is 1.68 bits per heavy atom. The van der Waals surface area contributed by atoms with Gasteiger partial charge in [0, 0.05) is 5.41 Å². The smallest absolute Gasteiger partial charge is 0.00162 e. The molecule has 2 aromatic carbocycles. The first kappa shape index (κ1) is 16.8. The number of hydrogen-bond donors (Lipinski definition) is 0. The highest BCUT2D eigenvalue weighted by Crippen LogP contribution is 2.47. The van der Waals surface area contributed by atoms with E-state index in [0.29, 0.717) is 0 Å². The topological polar surface area (TPSA) is 0 Å². The van der Waals surface area contributed by atoms with Crippen molar-refractivity contribution in [3.8, 4) is 0 Å². The molecule has 0 heterocycles. The summed E-state index contributed by atoms with van der Waals surface area (Å²) in [5.74, 6) is 0. The summed E-state index contributed by atoms with van der Waals surface area (Å²) in [6, 6.07) is 22.1. The van der Waals surface area contributed by atoms with E-state index < -0.39 is 0 Å². The average Bonchev–Trinajstić information content (AvgIpc) is 2.56. The lowest BCUT2D eigenvalue weighted by Gasteiger charge is -2.46. The van der Waals surface area contributed by atoms with Crippen molar-refractivity contribution in [3.05, 3.63) is 71.8 Å². The molecule has 2 aromatic rings. The van der Waals surface area contributed by atoms with Crippen molar-refractivity contribution in [2.45, 2.75) is 64.2 Å². The number of benzene rings is 2. The Hall–Kier alpha value is -1.56. The predicted octanol–water partition coefficient (Wildman–Crippen LogP) is 6.50. The van der Waals surface area contributed by atoms with Crippen LogP contribution in [0.1, 0.15) is 64.5 Å². The van der Waals surface area contributed by atoms with Crippen LogP contribution in [0.4, 0.5) is 0 Å². The minimum absolute atomic E-state index is 0.101. The van der Waals surface area contributed by atoms with E-state index in [2.05, 4.69) is 88.4 Å². The summed E-state index contributed by atoms with van der Waals surface area (Å²) in [6.07, 6.45) is 5.11. The van der Waals surface area contributed by atoms with Crippen LogP contribution in [-0.4, -0.2) is 0 Å². The van der Waals surface area contributed by atoms with Gasteiger partial charge in [0.1, 0.15) is 0 Å². The first-order valence-corrected chi connectivity index (χ1v) is 8.63. The minimum Gasteiger partial charge on any atom is -0.0654 e. The standard InChI is InChI=1S/C22H30/c1-5-6-13-18-22(4,20-16-11-8-12-17-20)21(2,3)19-14-9-7-10-15-19/h7-12,14-17H,5-6,13,18H2,1-4H3. The Labute approximate surface area is 136 Å². The molecule has 0 aliphatic carbocycles. The first-order chi connectivity index (χ1) is 10.5. The van der Waals surface area contributed by atoms with Crippen LogP contribution in [0.5, 0.6) is 0 Å². The highest BCUT2D eigenvalue weighted by atomic mass is 14.5. The summed E-state index contributed by atoms with van der Waals surface area (Å²) in [7, 11) is 0. The molecule has 0 saturated heterocycles. The lowest BCUT2D eigenvalue weighted by atomic mass is 9.58. The largest absolute Gasteiger partial charge is 0.0654 e. The Kier molecular flexibility index (Phi) is 5.45. The predicted molar refractivity (Wildman–Crippen MR) is 97.4 cm³/mol. The Morgan fingerprint density at radius 1 is 0.682 bits per heavy atom. The number of unbranched alkanes of at least 4 members (excludes halogenated alkanes) is 2. The molecule has 1 unspecified atom stereocenters. The zero-order valence-corrected chi connectivity index (χ0v) is 14.6. The van der Waals surface area contributed by atoms with Gasteiger partial charge in [-0.1, -0.05) is 108 Å². The van der Waals surface area contributed by atoms with Crippen LogP contribution in [0.3, 0.4) is 0 Å². The third-order valence-electron chi connectivity index (χ3n) is 5.57. The fourth-order valence-corrected chi connectivity index (χ4v) is 3.53. The fraction of sp³-hybridized carbons (Fsp3) is 0.455. The lowest BCUT2D eigenvalue weighted by Crippen LogP contribution is -2.43. The molecule has 0 spiro atoms. The van der Waals surface area contributed by atoms with Gasteiger partial charge >= 0.3 is 0 Å². The van der Waals surface area contributed by atoms with Crippen LogP contribution in [0.15, 0.2) is 60.7 Å². The highest BCUT2D eigenvalue weighted by molar-refractivity contribution is 5.36. The Morgan fingerprint density at radius 2 is 1.18 bits per heavy atom. The monoisotopic (exact) mass is 294 g/mol. The summed E-state index contributed by atoms with van der Waals surface area (Å²) in [6.45, 7) is 9.54. The molecule has 0 bridgehead atoms. The highest BCUT2D eigenvalue weighted by Gasteiger charge is 2.42. The van der Waals surface area contributed by atoms with Crippen molar-refractivity contribution in [1.82, 2.24) is 0 Å². The third kappa shape index (κ3) is 3.27. The quantitative estimate of drug-likeness (QED) is 0.511. The van der Waals surface area contributed by atoms with E-state index >= 15 is 0 Å². The molecule has 2 rings (SSSR count). The zero-order chi connectivity index (χ0) is 16.1. The minimum atomic E-state index is 0.101. The van der Waals surface area contributed by atoms with Crippen molar-refractivity contribution >= 4 is 0 Å². The van der Waals surface area contributed by atoms with Crippen molar-refractivity contribution in [2.75, 3.05) is 0 Å². The molecule has 22 heavy (non-hydrogen) atoms. The van der Waals surface area contributed by atoms with Crippen LogP contribution in [0.25, 0.3) is 0 Å². The van der Waals surface area contributed by atoms with Crippen LogP contribution in [0.2, 0.25) is 0 Å². The van der Waals surface area contributed by atoms with Gasteiger partial charge in [0.2, 0.25) is 0 Å². The van der Waals surface area contributed by atoms with Crippen LogP contribution < -0.4 is 0 Å². The van der Waals surface area contributed by atoms with Gasteiger partial charge in [-0.05, 0) is 23.0 Å². The van der Waals surface area contributed by atoms with Crippen molar-refractivity contribution in [3.63, 3.8) is 0 Å². The molecule has 118 valence electrons. The van der Waals surface area contributed by atoms with E-state index in [-0.39, 0.29) is 10.8 Å². The second kappa shape index (κ2) is 7.13. The molecule has 0 radical (unpaired) electrons. The van der Waals surface area contributed by atoms with E-state index in [0.717, 1.165) is 0 Å². The number of rotatable bonds is 7. The van der Waals surface area contributed by atoms with Gasteiger partial charge in [-0.15, -0.1) is 0 Å². The molecular formula is C22H30. The van der Waals surface area contributed by atoms with Gasteiger partial charge in [-0.25, -0.2) is 0 Å². The van der Waals surface area contributed by atoms with Gasteiger partial charge < -0.3 is 0 Å². The van der Waals surface area contributed by atoms with Crippen LogP contribution >= 0.6 is 0 Å². The van der Waals surface area contributed by atoms with Crippen LogP contribution in [-0.2, 0) is 10.8 Å². The molecular weight excluding hydrogens is 264 g/mol. The molecule has 0 amide bonds. The van der Waals surface area contributed by atoms with E-state index in [1.165, 1.54) is 36.8 Å². The van der Waals surface area contributed by atoms with Crippen LogP contribution in [0, 0.1) is 0 Å². The lowest BCUT2D eigenvalue weighted by molar-refractivity contribution is 0.249. The van der Waals surface area contributed by atoms with Crippen molar-refractivity contribution < 1.29 is 0 Å². The molecule has 0 aromatic heterocycles. The van der Waals surface area contributed by atoms with Crippen molar-refractivity contribution in [2.24, 2.45) is 0 Å². The van der Waals surface area contributed by atoms with Crippen molar-refractivity contribution in [1.29, 1.82) is 0 Å². The van der Waals surface area contributed by atoms with Gasteiger partial charge in [-0.3, -0.25) is 0 Å². The Bertz CT molecular complexity index is 553. The first-order valence-electron chi connectivity index (χ1n) is 8.63. The van der Waals surface area contributed by atoms with E-state index in [9.17, 15) is 0 Å². The molecule has 0 aliphatic heterocycles. The zero-order valence-electron chi connectivity index (χ0n) is 14.6. The normalized spacial score (nSPS) is 14.5. The van der Waals surface area contributed by atoms with Gasteiger partial charge in [0.25, 0.3) is 0 Å². The average molecular weight is 294 g/mol. The van der Waals surface area contributed by atoms with Gasteiger partial charge in [0.05, 0.1) is 0 Å². The third-order valence-corrected chi connectivity index (χ3v) is 5.57. The number of hydrogen-bond acceptors (Lipinski definition) is 0. The van der Waals surface area contributed by atoms with E-state index in [1.54, 1.807) is 0 Å². The second-order valence-corrected chi connectivity index (χ2v) is 7.15. The Balaban J connectivity index is 2.43. The summed E-state index contributed by atoms with van der Waals surface area (Å²) in [4.78, 5) is 0. The maximum Gasteiger partial charge on any atom is 0.00162 e. The summed E-state index contributed by atoms with van der Waals surface area (Å²) in [5.41, 5.74) is 3.13. The summed E-state index contributed by atoms with van der Waals surface area (Å²) in [5, 5.41) is 0. The van der Waals surface area contributed by atoms with Gasteiger partial charge in [-0.2, -0.15) is 0 Å². The molecule has 1 atom stereocenters. The maximum absolute atomic E-state index is 2.45. The van der Waals surface area contributed by atoms with E-state index in [1.807, 2.05) is 0 Å². The van der Waals surface area contributed by atoms with E-state index in [4.69, 9.17) is 0 Å². The summed E-state index contributed by atoms with van der Waals surface area (Å²) >= 11 is 0. The molecule has 0 saturated carbocycles. The molecule has 0 aliphatic rings. The second-order valence-electron chi connectivity index (χ2n) is 7.15. The maximum atomic E-state index is 2.45. The SMILES string of the molecule is CCCCCC(C)(c1ccccc1)C(C)(C)c1ccccc1. The molecule has 0 nitrogen and oxygen atoms in total. The molecule has 0 heteroatoms. The fourth-order valence-electron chi connectivity index (χ4n) is 3.53. The molecule has 0 N–H and O–H groups in total.